The Morgan fingerprint density at radius 1 is 1.50 bits per heavy atom. The van der Waals surface area contributed by atoms with E-state index in [1.807, 2.05) is 18.2 Å². The Morgan fingerprint density at radius 2 is 2.29 bits per heavy atom. The molecule has 0 aliphatic carbocycles. The molecule has 0 radical (unpaired) electrons. The van der Waals surface area contributed by atoms with Gasteiger partial charge in [-0.2, -0.15) is 5.26 Å². The predicted molar refractivity (Wildman–Crippen MR) is 66.0 cm³/mol. The SMILES string of the molecule is CSc1sc2cc(C#N)ccc2c1Br. The van der Waals surface area contributed by atoms with Gasteiger partial charge in [0.25, 0.3) is 0 Å². The van der Waals surface area contributed by atoms with E-state index in [-0.39, 0.29) is 0 Å². The van der Waals surface area contributed by atoms with Crippen molar-refractivity contribution < 1.29 is 0 Å². The summed E-state index contributed by atoms with van der Waals surface area (Å²) in [6, 6.07) is 7.93. The first kappa shape index (κ1) is 10.0. The van der Waals surface area contributed by atoms with E-state index in [2.05, 4.69) is 28.3 Å². The molecule has 0 atom stereocenters. The van der Waals surface area contributed by atoms with Crippen molar-refractivity contribution in [1.82, 2.24) is 0 Å². The highest BCUT2D eigenvalue weighted by Crippen LogP contribution is 2.40. The van der Waals surface area contributed by atoms with Crippen LogP contribution in [0.2, 0.25) is 0 Å². The van der Waals surface area contributed by atoms with E-state index in [0.717, 1.165) is 10.0 Å². The number of hydrogen-bond acceptors (Lipinski definition) is 3. The van der Waals surface area contributed by atoms with Gasteiger partial charge in [-0.3, -0.25) is 0 Å². The third kappa shape index (κ3) is 1.56. The van der Waals surface area contributed by atoms with E-state index in [9.17, 15) is 0 Å². The van der Waals surface area contributed by atoms with Gasteiger partial charge >= 0.3 is 0 Å². The quantitative estimate of drug-likeness (QED) is 0.731. The second-order valence-electron chi connectivity index (χ2n) is 2.73. The molecule has 0 saturated heterocycles. The summed E-state index contributed by atoms with van der Waals surface area (Å²) < 4.78 is 3.57. The van der Waals surface area contributed by atoms with Crippen LogP contribution in [0, 0.1) is 11.3 Å². The van der Waals surface area contributed by atoms with Crippen LogP contribution in [0.25, 0.3) is 10.1 Å². The summed E-state index contributed by atoms with van der Waals surface area (Å²) in [5, 5.41) is 9.96. The lowest BCUT2D eigenvalue weighted by molar-refractivity contribution is 1.50. The maximum atomic E-state index is 8.77. The van der Waals surface area contributed by atoms with Crippen LogP contribution in [0.3, 0.4) is 0 Å². The largest absolute Gasteiger partial charge is 0.192 e. The first-order chi connectivity index (χ1) is 6.76. The molecule has 0 aliphatic heterocycles. The first-order valence-electron chi connectivity index (χ1n) is 3.92. The number of hydrogen-bond donors (Lipinski definition) is 0. The highest BCUT2D eigenvalue weighted by molar-refractivity contribution is 9.10. The van der Waals surface area contributed by atoms with Gasteiger partial charge in [-0.25, -0.2) is 0 Å². The lowest BCUT2D eigenvalue weighted by Gasteiger charge is -1.90. The van der Waals surface area contributed by atoms with Gasteiger partial charge < -0.3 is 0 Å². The molecule has 4 heteroatoms. The lowest BCUT2D eigenvalue weighted by Crippen LogP contribution is -1.71. The summed E-state index contributed by atoms with van der Waals surface area (Å²) in [4.78, 5) is 0. The number of fused-ring (bicyclic) bond motifs is 1. The molecule has 2 rings (SSSR count). The van der Waals surface area contributed by atoms with Crippen molar-refractivity contribution in [2.75, 3.05) is 6.26 Å². The Kier molecular flexibility index (Phi) is 2.82. The van der Waals surface area contributed by atoms with E-state index in [1.165, 1.54) is 14.3 Å². The van der Waals surface area contributed by atoms with Crippen molar-refractivity contribution in [3.8, 4) is 6.07 Å². The Morgan fingerprint density at radius 3 is 2.93 bits per heavy atom. The third-order valence-electron chi connectivity index (χ3n) is 1.91. The summed E-state index contributed by atoms with van der Waals surface area (Å²) >= 11 is 7.01. The van der Waals surface area contributed by atoms with Crippen LogP contribution >= 0.6 is 39.0 Å². The van der Waals surface area contributed by atoms with E-state index >= 15 is 0 Å². The molecule has 0 aliphatic rings. The topological polar surface area (TPSA) is 23.8 Å². The lowest BCUT2D eigenvalue weighted by atomic mass is 10.2. The summed E-state index contributed by atoms with van der Waals surface area (Å²) in [7, 11) is 0. The molecule has 1 aromatic heterocycles. The molecule has 70 valence electrons. The fourth-order valence-electron chi connectivity index (χ4n) is 1.24. The Hall–Kier alpha value is -0.500. The monoisotopic (exact) mass is 283 g/mol. The van der Waals surface area contributed by atoms with Crippen molar-refractivity contribution in [1.29, 1.82) is 5.26 Å². The van der Waals surface area contributed by atoms with E-state index in [1.54, 1.807) is 23.1 Å². The molecule has 0 fully saturated rings. The highest BCUT2D eigenvalue weighted by Gasteiger charge is 2.08. The molecule has 0 unspecified atom stereocenters. The number of thioether (sulfide) groups is 1. The van der Waals surface area contributed by atoms with E-state index < -0.39 is 0 Å². The highest BCUT2D eigenvalue weighted by atomic mass is 79.9. The van der Waals surface area contributed by atoms with Crippen molar-refractivity contribution in [2.24, 2.45) is 0 Å². The summed E-state index contributed by atoms with van der Waals surface area (Å²) in [5.41, 5.74) is 0.721. The number of nitrogens with zero attached hydrogens (tertiary/aromatic N) is 1. The first-order valence-corrected chi connectivity index (χ1v) is 6.76. The van der Waals surface area contributed by atoms with Crippen LogP contribution in [0.4, 0.5) is 0 Å². The van der Waals surface area contributed by atoms with Crippen molar-refractivity contribution in [2.45, 2.75) is 4.21 Å². The average molecular weight is 284 g/mol. The summed E-state index contributed by atoms with van der Waals surface area (Å²) in [6.07, 6.45) is 2.06. The number of halogens is 1. The van der Waals surface area contributed by atoms with Crippen molar-refractivity contribution in [3.05, 3.63) is 28.2 Å². The molecular weight excluding hydrogens is 278 g/mol. The summed E-state index contributed by atoms with van der Waals surface area (Å²) in [6.45, 7) is 0. The van der Waals surface area contributed by atoms with Gasteiger partial charge in [0.05, 0.1) is 15.8 Å². The molecule has 0 amide bonds. The average Bonchev–Trinajstić information content (AvgIpc) is 2.55. The Balaban J connectivity index is 2.74. The van der Waals surface area contributed by atoms with Crippen LogP contribution in [0.5, 0.6) is 0 Å². The fraction of sp³-hybridized carbons (Fsp3) is 0.100. The molecule has 2 aromatic rings. The normalized spacial score (nSPS) is 10.4. The third-order valence-corrected chi connectivity index (χ3v) is 5.54. The molecular formula is C10H6BrNS2. The molecule has 0 spiro atoms. The van der Waals surface area contributed by atoms with Gasteiger partial charge in [0, 0.05) is 14.6 Å². The minimum atomic E-state index is 0.721. The Labute approximate surface area is 98.9 Å². The van der Waals surface area contributed by atoms with Crippen molar-refractivity contribution in [3.63, 3.8) is 0 Å². The zero-order chi connectivity index (χ0) is 10.1. The van der Waals surface area contributed by atoms with E-state index in [4.69, 9.17) is 5.26 Å². The van der Waals surface area contributed by atoms with Crippen LogP contribution in [-0.2, 0) is 0 Å². The second-order valence-corrected chi connectivity index (χ2v) is 5.65. The maximum absolute atomic E-state index is 8.77. The van der Waals surface area contributed by atoms with Gasteiger partial charge in [0.15, 0.2) is 0 Å². The smallest absolute Gasteiger partial charge is 0.0992 e. The zero-order valence-corrected chi connectivity index (χ0v) is 10.6. The number of nitriles is 1. The predicted octanol–water partition coefficient (Wildman–Crippen LogP) is 4.26. The minimum absolute atomic E-state index is 0.721. The molecule has 0 bridgehead atoms. The van der Waals surface area contributed by atoms with Crippen LogP contribution in [0.15, 0.2) is 26.9 Å². The number of rotatable bonds is 1. The maximum Gasteiger partial charge on any atom is 0.0992 e. The molecule has 1 aromatic carbocycles. The molecule has 14 heavy (non-hydrogen) atoms. The molecule has 0 saturated carbocycles. The minimum Gasteiger partial charge on any atom is -0.192 e. The van der Waals surface area contributed by atoms with Gasteiger partial charge in [0.1, 0.15) is 0 Å². The second kappa shape index (κ2) is 3.93. The van der Waals surface area contributed by atoms with Gasteiger partial charge in [-0.15, -0.1) is 23.1 Å². The summed E-state index contributed by atoms with van der Waals surface area (Å²) in [5.74, 6) is 0. The number of thiophene rings is 1. The van der Waals surface area contributed by atoms with Crippen molar-refractivity contribution >= 4 is 49.1 Å². The van der Waals surface area contributed by atoms with Crippen LogP contribution in [-0.4, -0.2) is 6.26 Å². The van der Waals surface area contributed by atoms with Crippen LogP contribution < -0.4 is 0 Å². The van der Waals surface area contributed by atoms with Gasteiger partial charge in [0.2, 0.25) is 0 Å². The standard InChI is InChI=1S/C10H6BrNS2/c1-13-10-9(11)7-3-2-6(5-12)4-8(7)14-10/h2-4H,1H3. The van der Waals surface area contributed by atoms with E-state index in [0.29, 0.717) is 0 Å². The molecule has 1 nitrogen and oxygen atoms in total. The zero-order valence-electron chi connectivity index (χ0n) is 7.37. The van der Waals surface area contributed by atoms with Gasteiger partial charge in [-0.1, -0.05) is 6.07 Å². The Bertz CT molecular complexity index is 525. The van der Waals surface area contributed by atoms with Gasteiger partial charge in [-0.05, 0) is 34.3 Å². The molecule has 1 heterocycles. The number of benzene rings is 1. The molecule has 0 N–H and O–H groups in total. The van der Waals surface area contributed by atoms with Crippen LogP contribution in [0.1, 0.15) is 5.56 Å². The fourth-order valence-corrected chi connectivity index (χ4v) is 4.21.